The Morgan fingerprint density at radius 1 is 1.44 bits per heavy atom. The lowest BCUT2D eigenvalue weighted by Crippen LogP contribution is -2.19. The number of hydrogen-bond acceptors (Lipinski definition) is 3. The van der Waals surface area contributed by atoms with Gasteiger partial charge in [-0.05, 0) is 67.7 Å². The second-order valence-electron chi connectivity index (χ2n) is 4.69. The molecule has 0 radical (unpaired) electrons. The van der Waals surface area contributed by atoms with Crippen molar-refractivity contribution < 1.29 is 0 Å². The molecule has 1 aromatic rings. The number of hydrogen-bond donors (Lipinski definition) is 1. The lowest BCUT2D eigenvalue weighted by molar-refractivity contribution is 0.306. The van der Waals surface area contributed by atoms with Crippen LogP contribution in [0.5, 0.6) is 0 Å². The normalized spacial score (nSPS) is 13.2. The monoisotopic (exact) mass is 240 g/mol. The molecule has 2 nitrogen and oxygen atoms in total. The fourth-order valence-electron chi connectivity index (χ4n) is 1.91. The molecule has 1 heterocycles. The molecular weight excluding hydrogens is 216 g/mol. The summed E-state index contributed by atoms with van der Waals surface area (Å²) < 4.78 is 0. The van der Waals surface area contributed by atoms with Gasteiger partial charge in [-0.2, -0.15) is 11.3 Å². The summed E-state index contributed by atoms with van der Waals surface area (Å²) in [7, 11) is 2.20. The third-order valence-corrected chi connectivity index (χ3v) is 3.66. The molecule has 0 amide bonds. The van der Waals surface area contributed by atoms with Crippen LogP contribution in [0.25, 0.3) is 0 Å². The Kier molecular flexibility index (Phi) is 6.69. The van der Waals surface area contributed by atoms with E-state index in [1.807, 2.05) is 0 Å². The molecule has 92 valence electrons. The van der Waals surface area contributed by atoms with Gasteiger partial charge in [-0.3, -0.25) is 0 Å². The zero-order valence-electron chi connectivity index (χ0n) is 10.5. The molecular formula is C13H24N2S. The first-order valence-electron chi connectivity index (χ1n) is 6.12. The summed E-state index contributed by atoms with van der Waals surface area (Å²) in [6.45, 7) is 5.39. The van der Waals surface area contributed by atoms with Gasteiger partial charge in [0, 0.05) is 6.54 Å². The topological polar surface area (TPSA) is 29.3 Å². The predicted octanol–water partition coefficient (Wildman–Crippen LogP) is 2.95. The molecule has 0 saturated heterocycles. The molecule has 0 spiro atoms. The van der Waals surface area contributed by atoms with E-state index in [1.54, 1.807) is 11.3 Å². The summed E-state index contributed by atoms with van der Waals surface area (Å²) in [6, 6.07) is 2.21. The minimum absolute atomic E-state index is 0.777. The summed E-state index contributed by atoms with van der Waals surface area (Å²) in [5.41, 5.74) is 6.97. The smallest absolute Gasteiger partial charge is 0.0238 e. The van der Waals surface area contributed by atoms with E-state index in [0.29, 0.717) is 0 Å². The van der Waals surface area contributed by atoms with Crippen LogP contribution in [-0.4, -0.2) is 25.0 Å². The summed E-state index contributed by atoms with van der Waals surface area (Å²) in [6.07, 6.45) is 3.74. The Balaban J connectivity index is 2.08. The van der Waals surface area contributed by atoms with Crippen molar-refractivity contribution in [2.45, 2.75) is 32.7 Å². The highest BCUT2D eigenvalue weighted by Gasteiger charge is 2.03. The zero-order valence-corrected chi connectivity index (χ0v) is 11.3. The molecule has 1 unspecified atom stereocenters. The van der Waals surface area contributed by atoms with Crippen molar-refractivity contribution in [3.05, 3.63) is 22.4 Å². The highest BCUT2D eigenvalue weighted by atomic mass is 32.1. The molecule has 0 aliphatic rings. The third-order valence-electron chi connectivity index (χ3n) is 2.93. The summed E-state index contributed by atoms with van der Waals surface area (Å²) >= 11 is 1.78. The number of nitrogens with two attached hydrogens (primary N) is 1. The van der Waals surface area contributed by atoms with E-state index in [0.717, 1.165) is 25.4 Å². The van der Waals surface area contributed by atoms with Gasteiger partial charge in [-0.1, -0.05) is 6.92 Å². The third kappa shape index (κ3) is 5.64. The molecule has 1 atom stereocenters. The minimum atomic E-state index is 0.777. The predicted molar refractivity (Wildman–Crippen MR) is 72.7 cm³/mol. The molecule has 3 heteroatoms. The van der Waals surface area contributed by atoms with Crippen molar-refractivity contribution in [2.24, 2.45) is 11.7 Å². The molecule has 0 aromatic carbocycles. The maximum absolute atomic E-state index is 5.54. The van der Waals surface area contributed by atoms with E-state index in [2.05, 4.69) is 35.7 Å². The number of nitrogens with zero attached hydrogens (tertiary/aromatic N) is 1. The molecule has 0 fully saturated rings. The molecule has 1 rings (SSSR count). The van der Waals surface area contributed by atoms with E-state index < -0.39 is 0 Å². The van der Waals surface area contributed by atoms with Gasteiger partial charge in [0.1, 0.15) is 0 Å². The number of rotatable bonds is 8. The van der Waals surface area contributed by atoms with Crippen molar-refractivity contribution >= 4 is 11.3 Å². The molecule has 16 heavy (non-hydrogen) atoms. The SMILES string of the molecule is CC(CCN)CCCN(C)Cc1ccsc1. The van der Waals surface area contributed by atoms with Crippen molar-refractivity contribution in [2.75, 3.05) is 20.1 Å². The van der Waals surface area contributed by atoms with Gasteiger partial charge in [-0.25, -0.2) is 0 Å². The summed E-state index contributed by atoms with van der Waals surface area (Å²) in [5, 5.41) is 4.38. The maximum atomic E-state index is 5.54. The van der Waals surface area contributed by atoms with Gasteiger partial charge < -0.3 is 10.6 Å². The fraction of sp³-hybridized carbons (Fsp3) is 0.692. The molecule has 0 aliphatic carbocycles. The minimum Gasteiger partial charge on any atom is -0.330 e. The van der Waals surface area contributed by atoms with Gasteiger partial charge in [0.25, 0.3) is 0 Å². The van der Waals surface area contributed by atoms with Crippen LogP contribution in [0.1, 0.15) is 31.7 Å². The Hall–Kier alpha value is -0.380. The molecule has 2 N–H and O–H groups in total. The fourth-order valence-corrected chi connectivity index (χ4v) is 2.57. The second-order valence-corrected chi connectivity index (χ2v) is 5.47. The Morgan fingerprint density at radius 3 is 2.88 bits per heavy atom. The van der Waals surface area contributed by atoms with Crippen LogP contribution >= 0.6 is 11.3 Å². The van der Waals surface area contributed by atoms with Gasteiger partial charge in [0.15, 0.2) is 0 Å². The first kappa shape index (κ1) is 13.7. The second kappa shape index (κ2) is 7.82. The first-order chi connectivity index (χ1) is 7.72. The van der Waals surface area contributed by atoms with Crippen LogP contribution in [0.2, 0.25) is 0 Å². The van der Waals surface area contributed by atoms with Crippen molar-refractivity contribution in [3.63, 3.8) is 0 Å². The highest BCUT2D eigenvalue weighted by Crippen LogP contribution is 2.12. The lowest BCUT2D eigenvalue weighted by atomic mass is 10.0. The maximum Gasteiger partial charge on any atom is 0.0238 e. The number of thiophene rings is 1. The quantitative estimate of drug-likeness (QED) is 0.757. The first-order valence-corrected chi connectivity index (χ1v) is 7.06. The van der Waals surface area contributed by atoms with Crippen LogP contribution < -0.4 is 5.73 Å². The van der Waals surface area contributed by atoms with Gasteiger partial charge >= 0.3 is 0 Å². The Bertz CT molecular complexity index is 259. The summed E-state index contributed by atoms with van der Waals surface area (Å²) in [5.74, 6) is 0.777. The Labute approximate surface area is 103 Å². The van der Waals surface area contributed by atoms with Crippen LogP contribution in [0.4, 0.5) is 0 Å². The van der Waals surface area contributed by atoms with Crippen molar-refractivity contribution in [1.82, 2.24) is 4.90 Å². The van der Waals surface area contributed by atoms with Gasteiger partial charge in [0.2, 0.25) is 0 Å². The molecule has 0 saturated carbocycles. The van der Waals surface area contributed by atoms with Crippen LogP contribution in [-0.2, 0) is 6.54 Å². The zero-order chi connectivity index (χ0) is 11.8. The highest BCUT2D eigenvalue weighted by molar-refractivity contribution is 7.07. The van der Waals surface area contributed by atoms with E-state index in [-0.39, 0.29) is 0 Å². The lowest BCUT2D eigenvalue weighted by Gasteiger charge is -2.17. The van der Waals surface area contributed by atoms with Crippen molar-refractivity contribution in [1.29, 1.82) is 0 Å². The average molecular weight is 240 g/mol. The van der Waals surface area contributed by atoms with E-state index in [4.69, 9.17) is 5.73 Å². The van der Waals surface area contributed by atoms with Crippen LogP contribution in [0.3, 0.4) is 0 Å². The van der Waals surface area contributed by atoms with Gasteiger partial charge in [0.05, 0.1) is 0 Å². The van der Waals surface area contributed by atoms with E-state index >= 15 is 0 Å². The van der Waals surface area contributed by atoms with Crippen LogP contribution in [0.15, 0.2) is 16.8 Å². The van der Waals surface area contributed by atoms with Crippen molar-refractivity contribution in [3.8, 4) is 0 Å². The summed E-state index contributed by atoms with van der Waals surface area (Å²) in [4.78, 5) is 2.40. The van der Waals surface area contributed by atoms with Gasteiger partial charge in [-0.15, -0.1) is 0 Å². The standard InChI is InChI=1S/C13H24N2S/c1-12(5-7-14)4-3-8-15(2)10-13-6-9-16-11-13/h6,9,11-12H,3-5,7-8,10,14H2,1-2H3. The average Bonchev–Trinajstić information content (AvgIpc) is 2.70. The molecule has 0 bridgehead atoms. The van der Waals surface area contributed by atoms with E-state index in [1.165, 1.54) is 24.9 Å². The largest absolute Gasteiger partial charge is 0.330 e. The molecule has 1 aromatic heterocycles. The molecule has 0 aliphatic heterocycles. The van der Waals surface area contributed by atoms with Crippen LogP contribution in [0, 0.1) is 5.92 Å². The Morgan fingerprint density at radius 2 is 2.25 bits per heavy atom. The van der Waals surface area contributed by atoms with E-state index in [9.17, 15) is 0 Å².